The van der Waals surface area contributed by atoms with Gasteiger partial charge < -0.3 is 10.2 Å². The zero-order chi connectivity index (χ0) is 9.19. The number of rotatable bonds is 2. The summed E-state index contributed by atoms with van der Waals surface area (Å²) >= 11 is 3.98. The normalized spacial score (nSPS) is 18.3. The fourth-order valence-corrected chi connectivity index (χ4v) is 1.07. The van der Waals surface area contributed by atoms with E-state index in [1.807, 2.05) is 6.07 Å². The van der Waals surface area contributed by atoms with Crippen molar-refractivity contribution in [3.8, 4) is 0 Å². The summed E-state index contributed by atoms with van der Waals surface area (Å²) in [5.41, 5.74) is 0.600. The summed E-state index contributed by atoms with van der Waals surface area (Å²) in [5, 5.41) is 18.9. The molecule has 0 bridgehead atoms. The fourth-order valence-electron chi connectivity index (χ4n) is 0.925. The summed E-state index contributed by atoms with van der Waals surface area (Å²) in [6.07, 6.45) is -0.900. The van der Waals surface area contributed by atoms with Gasteiger partial charge >= 0.3 is 0 Å². The highest BCUT2D eigenvalue weighted by Crippen LogP contribution is 2.28. The van der Waals surface area contributed by atoms with Crippen molar-refractivity contribution in [3.05, 3.63) is 35.9 Å². The van der Waals surface area contributed by atoms with Crippen molar-refractivity contribution >= 4 is 12.6 Å². The van der Waals surface area contributed by atoms with Gasteiger partial charge in [-0.3, -0.25) is 0 Å². The Bertz CT molecular complexity index is 244. The second-order valence-corrected chi connectivity index (χ2v) is 3.45. The van der Waals surface area contributed by atoms with Crippen molar-refractivity contribution in [2.45, 2.75) is 18.0 Å². The molecule has 0 aliphatic carbocycles. The summed E-state index contributed by atoms with van der Waals surface area (Å²) in [6.45, 7) is 1.50. The van der Waals surface area contributed by atoms with Crippen LogP contribution in [0.3, 0.4) is 0 Å². The minimum absolute atomic E-state index is 0.600. The Morgan fingerprint density at radius 1 is 1.33 bits per heavy atom. The van der Waals surface area contributed by atoms with Gasteiger partial charge in [0.25, 0.3) is 0 Å². The van der Waals surface area contributed by atoms with Crippen molar-refractivity contribution in [2.24, 2.45) is 0 Å². The molecule has 0 saturated heterocycles. The van der Waals surface area contributed by atoms with Crippen LogP contribution in [0.15, 0.2) is 30.3 Å². The van der Waals surface area contributed by atoms with Gasteiger partial charge in [0.05, 0.1) is 6.10 Å². The molecule has 2 unspecified atom stereocenters. The third-order valence-electron chi connectivity index (χ3n) is 1.78. The zero-order valence-corrected chi connectivity index (χ0v) is 7.70. The molecule has 2 nitrogen and oxygen atoms in total. The van der Waals surface area contributed by atoms with Crippen LogP contribution in [0, 0.1) is 0 Å². The maximum Gasteiger partial charge on any atom is 0.158 e. The minimum atomic E-state index is -1.46. The van der Waals surface area contributed by atoms with Crippen LogP contribution in [-0.4, -0.2) is 16.3 Å². The monoisotopic (exact) mass is 184 g/mol. The van der Waals surface area contributed by atoms with Gasteiger partial charge in [-0.2, -0.15) is 0 Å². The number of aliphatic hydroxyl groups excluding tert-OH is 1. The molecular formula is C9H12O2S. The molecule has 0 radical (unpaired) electrons. The number of aliphatic hydroxyl groups is 2. The molecule has 1 aromatic carbocycles. The molecule has 0 heterocycles. The summed E-state index contributed by atoms with van der Waals surface area (Å²) in [7, 11) is 0. The predicted molar refractivity (Wildman–Crippen MR) is 51.0 cm³/mol. The van der Waals surface area contributed by atoms with E-state index in [4.69, 9.17) is 0 Å². The van der Waals surface area contributed by atoms with Crippen molar-refractivity contribution in [2.75, 3.05) is 0 Å². The number of hydrogen-bond acceptors (Lipinski definition) is 3. The average Bonchev–Trinajstić information content (AvgIpc) is 2.06. The van der Waals surface area contributed by atoms with Crippen molar-refractivity contribution in [1.29, 1.82) is 0 Å². The second-order valence-electron chi connectivity index (χ2n) is 2.77. The van der Waals surface area contributed by atoms with Crippen molar-refractivity contribution in [3.63, 3.8) is 0 Å². The molecule has 2 atom stereocenters. The first-order chi connectivity index (χ1) is 5.55. The summed E-state index contributed by atoms with van der Waals surface area (Å²) in [6, 6.07) is 8.87. The van der Waals surface area contributed by atoms with Gasteiger partial charge in [0, 0.05) is 0 Å². The standard InChI is InChI=1S/C9H12O2S/c1-7(10)9(11,12)8-5-3-2-4-6-8/h2-7,10-12H,1H3. The van der Waals surface area contributed by atoms with Crippen LogP contribution in [0.2, 0.25) is 0 Å². The molecule has 0 fully saturated rings. The molecule has 12 heavy (non-hydrogen) atoms. The van der Waals surface area contributed by atoms with E-state index in [0.717, 1.165) is 0 Å². The van der Waals surface area contributed by atoms with Gasteiger partial charge in [0.1, 0.15) is 0 Å². The van der Waals surface area contributed by atoms with Crippen LogP contribution in [0.25, 0.3) is 0 Å². The molecule has 0 aromatic heterocycles. The lowest BCUT2D eigenvalue weighted by Crippen LogP contribution is -2.31. The number of hydrogen-bond donors (Lipinski definition) is 3. The Morgan fingerprint density at radius 3 is 2.25 bits per heavy atom. The second kappa shape index (κ2) is 3.47. The van der Waals surface area contributed by atoms with Gasteiger partial charge in [-0.1, -0.05) is 30.3 Å². The molecule has 0 aliphatic heterocycles. The third kappa shape index (κ3) is 1.80. The van der Waals surface area contributed by atoms with Crippen LogP contribution in [0.1, 0.15) is 12.5 Å². The molecule has 0 aliphatic rings. The van der Waals surface area contributed by atoms with Crippen LogP contribution >= 0.6 is 12.6 Å². The molecular weight excluding hydrogens is 172 g/mol. The van der Waals surface area contributed by atoms with Crippen LogP contribution < -0.4 is 0 Å². The van der Waals surface area contributed by atoms with E-state index in [-0.39, 0.29) is 0 Å². The number of thiol groups is 1. The topological polar surface area (TPSA) is 40.5 Å². The molecule has 1 aromatic rings. The largest absolute Gasteiger partial charge is 0.389 e. The van der Waals surface area contributed by atoms with Crippen LogP contribution in [0.5, 0.6) is 0 Å². The van der Waals surface area contributed by atoms with E-state index in [1.165, 1.54) is 6.92 Å². The molecule has 1 rings (SSSR count). The maximum absolute atomic E-state index is 9.68. The first kappa shape index (κ1) is 9.58. The first-order valence-corrected chi connectivity index (χ1v) is 4.18. The summed E-state index contributed by atoms with van der Waals surface area (Å²) in [5.74, 6) is 0. The lowest BCUT2D eigenvalue weighted by Gasteiger charge is -2.25. The highest BCUT2D eigenvalue weighted by Gasteiger charge is 2.29. The van der Waals surface area contributed by atoms with Crippen LogP contribution in [-0.2, 0) is 4.93 Å². The summed E-state index contributed by atoms with van der Waals surface area (Å²) < 4.78 is 0. The molecule has 3 heteroatoms. The number of benzene rings is 1. The lowest BCUT2D eigenvalue weighted by molar-refractivity contribution is 0.00301. The Hall–Kier alpha value is -0.510. The van der Waals surface area contributed by atoms with E-state index in [2.05, 4.69) is 12.6 Å². The molecule has 0 amide bonds. The average molecular weight is 184 g/mol. The quantitative estimate of drug-likeness (QED) is 0.476. The van der Waals surface area contributed by atoms with E-state index in [1.54, 1.807) is 24.3 Å². The Kier molecular flexibility index (Phi) is 2.77. The SMILES string of the molecule is CC(O)C(O)(S)c1ccccc1. The molecule has 66 valence electrons. The van der Waals surface area contributed by atoms with E-state index < -0.39 is 11.0 Å². The van der Waals surface area contributed by atoms with Crippen molar-refractivity contribution in [1.82, 2.24) is 0 Å². The maximum atomic E-state index is 9.68. The van der Waals surface area contributed by atoms with Gasteiger partial charge in [-0.25, -0.2) is 0 Å². The van der Waals surface area contributed by atoms with Crippen molar-refractivity contribution < 1.29 is 10.2 Å². The lowest BCUT2D eigenvalue weighted by atomic mass is 10.1. The first-order valence-electron chi connectivity index (χ1n) is 3.73. The van der Waals surface area contributed by atoms with Gasteiger partial charge in [-0.15, -0.1) is 12.6 Å². The van der Waals surface area contributed by atoms with E-state index in [0.29, 0.717) is 5.56 Å². The van der Waals surface area contributed by atoms with Crippen LogP contribution in [0.4, 0.5) is 0 Å². The minimum Gasteiger partial charge on any atom is -0.389 e. The fraction of sp³-hybridized carbons (Fsp3) is 0.333. The molecule has 0 spiro atoms. The highest BCUT2D eigenvalue weighted by molar-refractivity contribution is 7.81. The van der Waals surface area contributed by atoms with Gasteiger partial charge in [0.15, 0.2) is 4.93 Å². The summed E-state index contributed by atoms with van der Waals surface area (Å²) in [4.78, 5) is -1.46. The third-order valence-corrected chi connectivity index (χ3v) is 2.41. The van der Waals surface area contributed by atoms with E-state index >= 15 is 0 Å². The predicted octanol–water partition coefficient (Wildman–Crippen LogP) is 1.14. The van der Waals surface area contributed by atoms with Gasteiger partial charge in [-0.05, 0) is 12.5 Å². The molecule has 0 saturated carbocycles. The van der Waals surface area contributed by atoms with E-state index in [9.17, 15) is 10.2 Å². The zero-order valence-electron chi connectivity index (χ0n) is 6.81. The Morgan fingerprint density at radius 2 is 1.83 bits per heavy atom. The molecule has 2 N–H and O–H groups in total. The highest BCUT2D eigenvalue weighted by atomic mass is 32.1. The Balaban J connectivity index is 2.98. The van der Waals surface area contributed by atoms with Gasteiger partial charge in [0.2, 0.25) is 0 Å². The Labute approximate surface area is 77.3 Å². The smallest absolute Gasteiger partial charge is 0.158 e.